The third-order valence-corrected chi connectivity index (χ3v) is 2.64. The van der Waals surface area contributed by atoms with Gasteiger partial charge in [-0.2, -0.15) is 0 Å². The van der Waals surface area contributed by atoms with Crippen LogP contribution in [0.4, 0.5) is 0 Å². The van der Waals surface area contributed by atoms with Gasteiger partial charge in [-0.15, -0.1) is 6.58 Å². The van der Waals surface area contributed by atoms with Gasteiger partial charge in [0, 0.05) is 24.8 Å². The molecule has 0 aliphatic carbocycles. The molecule has 76 valence electrons. The van der Waals surface area contributed by atoms with Crippen LogP contribution in [-0.4, -0.2) is 36.5 Å². The molecule has 3 nitrogen and oxygen atoms in total. The van der Waals surface area contributed by atoms with E-state index in [0.29, 0.717) is 0 Å². The monoisotopic (exact) mass is 185 g/mol. The molecule has 1 fully saturated rings. The zero-order valence-electron chi connectivity index (χ0n) is 8.25. The second kappa shape index (κ2) is 4.74. The molecule has 0 amide bonds. The van der Waals surface area contributed by atoms with Gasteiger partial charge < -0.3 is 15.2 Å². The molecule has 0 saturated carbocycles. The van der Waals surface area contributed by atoms with Crippen LogP contribution < -0.4 is 5.32 Å². The van der Waals surface area contributed by atoms with E-state index in [0.717, 1.165) is 26.1 Å². The van der Waals surface area contributed by atoms with E-state index in [1.807, 2.05) is 13.0 Å². The number of nitrogens with one attached hydrogen (secondary N) is 1. The summed E-state index contributed by atoms with van der Waals surface area (Å²) < 4.78 is 5.26. The lowest BCUT2D eigenvalue weighted by Crippen LogP contribution is -2.54. The van der Waals surface area contributed by atoms with Gasteiger partial charge in [0.05, 0.1) is 6.61 Å². The maximum absolute atomic E-state index is 9.33. The Morgan fingerprint density at radius 3 is 2.69 bits per heavy atom. The van der Waals surface area contributed by atoms with E-state index in [-0.39, 0.29) is 18.2 Å². The topological polar surface area (TPSA) is 41.5 Å². The zero-order valence-corrected chi connectivity index (χ0v) is 8.25. The Kier molecular flexibility index (Phi) is 3.90. The lowest BCUT2D eigenvalue weighted by molar-refractivity contribution is 0.00976. The van der Waals surface area contributed by atoms with Crippen molar-refractivity contribution in [2.24, 2.45) is 0 Å². The molecule has 1 aliphatic heterocycles. The first-order valence-electron chi connectivity index (χ1n) is 4.81. The van der Waals surface area contributed by atoms with Crippen molar-refractivity contribution in [1.82, 2.24) is 5.32 Å². The fourth-order valence-corrected chi connectivity index (χ4v) is 1.65. The minimum Gasteiger partial charge on any atom is -0.394 e. The van der Waals surface area contributed by atoms with Crippen LogP contribution in [0.2, 0.25) is 0 Å². The summed E-state index contributed by atoms with van der Waals surface area (Å²) in [4.78, 5) is 0. The minimum atomic E-state index is -0.147. The normalized spacial score (nSPS) is 23.8. The zero-order chi connectivity index (χ0) is 9.73. The van der Waals surface area contributed by atoms with Gasteiger partial charge in [-0.3, -0.25) is 0 Å². The number of aliphatic hydroxyl groups excluding tert-OH is 1. The molecule has 3 heteroatoms. The van der Waals surface area contributed by atoms with Gasteiger partial charge in [-0.05, 0) is 19.8 Å². The van der Waals surface area contributed by atoms with Crippen molar-refractivity contribution in [1.29, 1.82) is 0 Å². The van der Waals surface area contributed by atoms with Gasteiger partial charge in [-0.1, -0.05) is 6.08 Å². The predicted molar refractivity (Wildman–Crippen MR) is 52.7 cm³/mol. The van der Waals surface area contributed by atoms with Crippen LogP contribution >= 0.6 is 0 Å². The average Bonchev–Trinajstić information content (AvgIpc) is 2.19. The lowest BCUT2D eigenvalue weighted by Gasteiger charge is -2.38. The molecule has 0 aromatic heterocycles. The van der Waals surface area contributed by atoms with E-state index in [1.165, 1.54) is 0 Å². The number of aliphatic hydroxyl groups is 1. The van der Waals surface area contributed by atoms with Crippen molar-refractivity contribution in [3.05, 3.63) is 12.7 Å². The number of ether oxygens (including phenoxy) is 1. The molecule has 1 aliphatic rings. The fourth-order valence-electron chi connectivity index (χ4n) is 1.65. The first kappa shape index (κ1) is 10.7. The molecule has 0 aromatic rings. The highest BCUT2D eigenvalue weighted by Crippen LogP contribution is 2.20. The van der Waals surface area contributed by atoms with E-state index in [4.69, 9.17) is 4.74 Å². The largest absolute Gasteiger partial charge is 0.394 e. The lowest BCUT2D eigenvalue weighted by atomic mass is 9.90. The van der Waals surface area contributed by atoms with Crippen LogP contribution in [-0.2, 0) is 4.74 Å². The van der Waals surface area contributed by atoms with Gasteiger partial charge in [0.2, 0.25) is 0 Å². The molecule has 13 heavy (non-hydrogen) atoms. The van der Waals surface area contributed by atoms with Gasteiger partial charge in [-0.25, -0.2) is 0 Å². The molecule has 0 radical (unpaired) electrons. The van der Waals surface area contributed by atoms with Gasteiger partial charge in [0.15, 0.2) is 0 Å². The van der Waals surface area contributed by atoms with Crippen molar-refractivity contribution in [2.75, 3.05) is 19.8 Å². The van der Waals surface area contributed by atoms with Crippen LogP contribution in [0, 0.1) is 0 Å². The Morgan fingerprint density at radius 2 is 2.23 bits per heavy atom. The molecule has 1 unspecified atom stereocenters. The van der Waals surface area contributed by atoms with Gasteiger partial charge in [0.1, 0.15) is 0 Å². The molecule has 1 rings (SSSR count). The second-order valence-corrected chi connectivity index (χ2v) is 3.72. The van der Waals surface area contributed by atoms with Gasteiger partial charge >= 0.3 is 0 Å². The average molecular weight is 185 g/mol. The summed E-state index contributed by atoms with van der Waals surface area (Å²) in [5.41, 5.74) is -0.147. The molecule has 1 atom stereocenters. The number of hydrogen-bond donors (Lipinski definition) is 2. The highest BCUT2D eigenvalue weighted by atomic mass is 16.5. The molecule has 1 heterocycles. The summed E-state index contributed by atoms with van der Waals surface area (Å²) in [6, 6.07) is 0.241. The van der Waals surface area contributed by atoms with Crippen molar-refractivity contribution >= 4 is 0 Å². The Balaban J connectivity index is 2.51. The summed E-state index contributed by atoms with van der Waals surface area (Å²) in [6.07, 6.45) is 3.61. The van der Waals surface area contributed by atoms with E-state index in [1.54, 1.807) is 0 Å². The molecule has 0 aromatic carbocycles. The van der Waals surface area contributed by atoms with E-state index in [9.17, 15) is 5.11 Å². The van der Waals surface area contributed by atoms with Crippen LogP contribution in [0.1, 0.15) is 19.8 Å². The van der Waals surface area contributed by atoms with Crippen LogP contribution in [0.25, 0.3) is 0 Å². The Labute approximate surface area is 79.8 Å². The first-order valence-corrected chi connectivity index (χ1v) is 4.81. The summed E-state index contributed by atoms with van der Waals surface area (Å²) in [5.74, 6) is 0. The fraction of sp³-hybridized carbons (Fsp3) is 0.800. The van der Waals surface area contributed by atoms with Crippen LogP contribution in [0.3, 0.4) is 0 Å². The standard InChI is InChI=1S/C10H19NO2/c1-3-9(2)11-10(8-12)4-6-13-7-5-10/h3,9,11-12H,1,4-8H2,2H3. The summed E-state index contributed by atoms with van der Waals surface area (Å²) in [6.45, 7) is 7.40. The third-order valence-electron chi connectivity index (χ3n) is 2.64. The molecular formula is C10H19NO2. The molecule has 2 N–H and O–H groups in total. The van der Waals surface area contributed by atoms with Crippen molar-refractivity contribution in [2.45, 2.75) is 31.3 Å². The summed E-state index contributed by atoms with van der Waals surface area (Å²) in [5, 5.41) is 12.7. The Morgan fingerprint density at radius 1 is 1.62 bits per heavy atom. The van der Waals surface area contributed by atoms with Crippen molar-refractivity contribution < 1.29 is 9.84 Å². The Hall–Kier alpha value is -0.380. The number of rotatable bonds is 4. The maximum Gasteiger partial charge on any atom is 0.0615 e. The number of hydrogen-bond acceptors (Lipinski definition) is 3. The molecule has 0 bridgehead atoms. The van der Waals surface area contributed by atoms with Gasteiger partial charge in [0.25, 0.3) is 0 Å². The molecule has 0 spiro atoms. The molecule has 1 saturated heterocycles. The highest BCUT2D eigenvalue weighted by molar-refractivity contribution is 4.95. The van der Waals surface area contributed by atoms with Crippen LogP contribution in [0.15, 0.2) is 12.7 Å². The van der Waals surface area contributed by atoms with E-state index < -0.39 is 0 Å². The Bertz CT molecular complexity index is 164. The second-order valence-electron chi connectivity index (χ2n) is 3.72. The summed E-state index contributed by atoms with van der Waals surface area (Å²) in [7, 11) is 0. The molecular weight excluding hydrogens is 166 g/mol. The van der Waals surface area contributed by atoms with Crippen molar-refractivity contribution in [3.8, 4) is 0 Å². The van der Waals surface area contributed by atoms with E-state index >= 15 is 0 Å². The van der Waals surface area contributed by atoms with Crippen molar-refractivity contribution in [3.63, 3.8) is 0 Å². The minimum absolute atomic E-state index is 0.147. The first-order chi connectivity index (χ1) is 6.22. The van der Waals surface area contributed by atoms with E-state index in [2.05, 4.69) is 11.9 Å². The van der Waals surface area contributed by atoms with Crippen LogP contribution in [0.5, 0.6) is 0 Å². The quantitative estimate of drug-likeness (QED) is 0.633. The smallest absolute Gasteiger partial charge is 0.0615 e. The SMILES string of the molecule is C=CC(C)NC1(CO)CCOCC1. The maximum atomic E-state index is 9.33. The third kappa shape index (κ3) is 2.79. The highest BCUT2D eigenvalue weighted by Gasteiger charge is 2.32. The summed E-state index contributed by atoms with van der Waals surface area (Å²) >= 11 is 0. The predicted octanol–water partition coefficient (Wildman–Crippen LogP) is 0.692.